The molecule has 2 aromatic rings. The number of nitrogens with one attached hydrogen (secondary N) is 1. The van der Waals surface area contributed by atoms with Crippen LogP contribution < -0.4 is 22.3 Å². The van der Waals surface area contributed by atoms with Crippen molar-refractivity contribution in [1.82, 2.24) is 9.13 Å². The molecule has 0 fully saturated rings. The zero-order valence-electron chi connectivity index (χ0n) is 14.3. The average molecular weight is 330 g/mol. The maximum absolute atomic E-state index is 12.7. The first-order chi connectivity index (χ1) is 11.3. The van der Waals surface area contributed by atoms with Crippen LogP contribution in [0.15, 0.2) is 33.9 Å². The molecule has 0 bridgehead atoms. The number of nitrogens with two attached hydrogens (primary N) is 1. The van der Waals surface area contributed by atoms with Gasteiger partial charge in [-0.05, 0) is 31.0 Å². The first kappa shape index (κ1) is 17.5. The van der Waals surface area contributed by atoms with Crippen LogP contribution >= 0.6 is 0 Å². The third-order valence-corrected chi connectivity index (χ3v) is 4.09. The Labute approximate surface area is 139 Å². The fourth-order valence-electron chi connectivity index (χ4n) is 2.46. The molecule has 2 rings (SSSR count). The van der Waals surface area contributed by atoms with E-state index in [9.17, 15) is 14.4 Å². The number of benzene rings is 1. The summed E-state index contributed by atoms with van der Waals surface area (Å²) < 4.78 is 1.98. The predicted molar refractivity (Wildman–Crippen MR) is 94.6 cm³/mol. The lowest BCUT2D eigenvalue weighted by Crippen LogP contribution is -2.43. The first-order valence-corrected chi connectivity index (χ1v) is 7.73. The Morgan fingerprint density at radius 1 is 1.17 bits per heavy atom. The Morgan fingerprint density at radius 3 is 2.29 bits per heavy atom. The summed E-state index contributed by atoms with van der Waals surface area (Å²) in [6.45, 7) is 3.72. The fraction of sp³-hybridized carbons (Fsp3) is 0.353. The summed E-state index contributed by atoms with van der Waals surface area (Å²) in [5, 5.41) is 3.06. The summed E-state index contributed by atoms with van der Waals surface area (Å²) in [4.78, 5) is 36.7. The van der Waals surface area contributed by atoms with Crippen LogP contribution in [-0.4, -0.2) is 21.0 Å². The van der Waals surface area contributed by atoms with Crippen molar-refractivity contribution in [3.63, 3.8) is 0 Å². The zero-order chi connectivity index (χ0) is 18.0. The summed E-state index contributed by atoms with van der Waals surface area (Å²) in [5.74, 6) is -0.577. The SMILES string of the molecule is CCc1ccc(N[C@@H](C)C(=O)c2c(N)n(C)c(=O)n(C)c2=O)cc1. The van der Waals surface area contributed by atoms with Crippen LogP contribution in [0.5, 0.6) is 0 Å². The monoisotopic (exact) mass is 330 g/mol. The van der Waals surface area contributed by atoms with Gasteiger partial charge in [0.1, 0.15) is 11.4 Å². The average Bonchev–Trinajstić information content (AvgIpc) is 2.59. The minimum Gasteiger partial charge on any atom is -0.384 e. The van der Waals surface area contributed by atoms with Crippen molar-refractivity contribution in [1.29, 1.82) is 0 Å². The molecule has 0 saturated carbocycles. The third-order valence-electron chi connectivity index (χ3n) is 4.09. The number of carbonyl (C=O) groups excluding carboxylic acids is 1. The van der Waals surface area contributed by atoms with E-state index in [1.165, 1.54) is 19.7 Å². The highest BCUT2D eigenvalue weighted by atomic mass is 16.2. The van der Waals surface area contributed by atoms with E-state index in [4.69, 9.17) is 5.73 Å². The number of aryl methyl sites for hydroxylation is 1. The number of rotatable bonds is 5. The first-order valence-electron chi connectivity index (χ1n) is 7.73. The van der Waals surface area contributed by atoms with Crippen molar-refractivity contribution in [2.24, 2.45) is 14.1 Å². The van der Waals surface area contributed by atoms with Crippen molar-refractivity contribution < 1.29 is 4.79 Å². The van der Waals surface area contributed by atoms with E-state index < -0.39 is 23.1 Å². The zero-order valence-corrected chi connectivity index (χ0v) is 14.3. The number of hydrogen-bond donors (Lipinski definition) is 2. The number of anilines is 2. The second-order valence-electron chi connectivity index (χ2n) is 5.75. The standard InChI is InChI=1S/C17H22N4O3/c1-5-11-6-8-12(9-7-11)19-10(2)14(22)13-15(18)20(3)17(24)21(4)16(13)23/h6-10,19H,5,18H2,1-4H3/t10-/m0/s1. The number of nitrogens with zero attached hydrogens (tertiary/aromatic N) is 2. The van der Waals surface area contributed by atoms with Crippen LogP contribution in [0, 0.1) is 0 Å². The Hall–Kier alpha value is -2.83. The Kier molecular flexibility index (Phi) is 4.92. The highest BCUT2D eigenvalue weighted by Gasteiger charge is 2.24. The van der Waals surface area contributed by atoms with Crippen molar-refractivity contribution >= 4 is 17.3 Å². The Balaban J connectivity index is 2.34. The summed E-state index contributed by atoms with van der Waals surface area (Å²) in [6.07, 6.45) is 0.930. The normalized spacial score (nSPS) is 12.0. The van der Waals surface area contributed by atoms with Crippen molar-refractivity contribution in [2.45, 2.75) is 26.3 Å². The van der Waals surface area contributed by atoms with Gasteiger partial charge >= 0.3 is 5.69 Å². The summed E-state index contributed by atoms with van der Waals surface area (Å²) in [6, 6.07) is 7.04. The molecule has 1 atom stereocenters. The van der Waals surface area contributed by atoms with Crippen molar-refractivity contribution in [2.75, 3.05) is 11.1 Å². The lowest BCUT2D eigenvalue weighted by molar-refractivity contribution is 0.0973. The van der Waals surface area contributed by atoms with E-state index in [2.05, 4.69) is 12.2 Å². The van der Waals surface area contributed by atoms with Gasteiger partial charge in [-0.1, -0.05) is 19.1 Å². The molecule has 1 heterocycles. The van der Waals surface area contributed by atoms with E-state index in [0.717, 1.165) is 21.2 Å². The third kappa shape index (κ3) is 3.10. The largest absolute Gasteiger partial charge is 0.384 e. The van der Waals surface area contributed by atoms with E-state index in [1.54, 1.807) is 6.92 Å². The number of nitrogen functional groups attached to an aromatic ring is 1. The molecule has 7 nitrogen and oxygen atoms in total. The molecular weight excluding hydrogens is 308 g/mol. The molecule has 1 aromatic heterocycles. The van der Waals surface area contributed by atoms with Gasteiger partial charge in [0.15, 0.2) is 5.78 Å². The highest BCUT2D eigenvalue weighted by molar-refractivity contribution is 6.04. The number of ketones is 1. The second kappa shape index (κ2) is 6.74. The van der Waals surface area contributed by atoms with Crippen LogP contribution in [-0.2, 0) is 20.5 Å². The van der Waals surface area contributed by atoms with Crippen LogP contribution in [0.25, 0.3) is 0 Å². The van der Waals surface area contributed by atoms with Crippen LogP contribution in [0.2, 0.25) is 0 Å². The topological polar surface area (TPSA) is 99.1 Å². The van der Waals surface area contributed by atoms with Crippen molar-refractivity contribution in [3.05, 3.63) is 56.2 Å². The van der Waals surface area contributed by atoms with Gasteiger partial charge in [-0.15, -0.1) is 0 Å². The minimum absolute atomic E-state index is 0.122. The number of aromatic nitrogens is 2. The molecule has 0 aliphatic rings. The molecule has 128 valence electrons. The Bertz CT molecular complexity index is 878. The molecule has 0 aliphatic heterocycles. The van der Waals surface area contributed by atoms with E-state index in [1.807, 2.05) is 24.3 Å². The van der Waals surface area contributed by atoms with Crippen LogP contribution in [0.1, 0.15) is 29.8 Å². The van der Waals surface area contributed by atoms with Crippen LogP contribution in [0.3, 0.4) is 0 Å². The molecule has 0 unspecified atom stereocenters. The summed E-state index contributed by atoms with van der Waals surface area (Å²) in [7, 11) is 2.75. The van der Waals surface area contributed by atoms with Gasteiger partial charge in [-0.3, -0.25) is 18.7 Å². The van der Waals surface area contributed by atoms with Crippen molar-refractivity contribution in [3.8, 4) is 0 Å². The van der Waals surface area contributed by atoms with Gasteiger partial charge in [-0.25, -0.2) is 4.79 Å². The highest BCUT2D eigenvalue weighted by Crippen LogP contribution is 2.14. The predicted octanol–water partition coefficient (Wildman–Crippen LogP) is 0.912. The van der Waals surface area contributed by atoms with Gasteiger partial charge in [-0.2, -0.15) is 0 Å². The van der Waals surface area contributed by atoms with Gasteiger partial charge in [0.25, 0.3) is 5.56 Å². The molecular formula is C17H22N4O3. The molecule has 1 aromatic carbocycles. The minimum atomic E-state index is -0.685. The molecule has 3 N–H and O–H groups in total. The maximum Gasteiger partial charge on any atom is 0.332 e. The Morgan fingerprint density at radius 2 is 1.75 bits per heavy atom. The van der Waals surface area contributed by atoms with Gasteiger partial charge in [0.05, 0.1) is 6.04 Å². The molecule has 0 radical (unpaired) electrons. The molecule has 24 heavy (non-hydrogen) atoms. The quantitative estimate of drug-likeness (QED) is 0.794. The maximum atomic E-state index is 12.7. The molecule has 0 spiro atoms. The summed E-state index contributed by atoms with van der Waals surface area (Å²) >= 11 is 0. The molecule has 0 saturated heterocycles. The second-order valence-corrected chi connectivity index (χ2v) is 5.75. The summed E-state index contributed by atoms with van der Waals surface area (Å²) in [5.41, 5.74) is 6.36. The lowest BCUT2D eigenvalue weighted by atomic mass is 10.1. The van der Waals surface area contributed by atoms with Gasteiger partial charge in [0.2, 0.25) is 0 Å². The number of carbonyl (C=O) groups is 1. The van der Waals surface area contributed by atoms with Gasteiger partial charge < -0.3 is 11.1 Å². The molecule has 0 aliphatic carbocycles. The van der Waals surface area contributed by atoms with E-state index in [0.29, 0.717) is 0 Å². The van der Waals surface area contributed by atoms with Crippen LogP contribution in [0.4, 0.5) is 11.5 Å². The fourth-order valence-corrected chi connectivity index (χ4v) is 2.46. The lowest BCUT2D eigenvalue weighted by Gasteiger charge is -2.17. The molecule has 0 amide bonds. The smallest absolute Gasteiger partial charge is 0.332 e. The van der Waals surface area contributed by atoms with E-state index >= 15 is 0 Å². The van der Waals surface area contributed by atoms with E-state index in [-0.39, 0.29) is 11.4 Å². The molecule has 7 heteroatoms. The number of Topliss-reactive ketones (excluding diaryl/α,β-unsaturated/α-hetero) is 1. The van der Waals surface area contributed by atoms with Gasteiger partial charge in [0, 0.05) is 19.8 Å². The number of hydrogen-bond acceptors (Lipinski definition) is 5.